The van der Waals surface area contributed by atoms with E-state index in [1.165, 1.54) is 4.90 Å². The summed E-state index contributed by atoms with van der Waals surface area (Å²) in [5.41, 5.74) is 0. The maximum Gasteiger partial charge on any atom is 0.326 e. The average Bonchev–Trinajstić information content (AvgIpc) is 2.64. The fraction of sp³-hybridized carbons (Fsp3) is 0.750. The number of ether oxygens (including phenoxy) is 1. The smallest absolute Gasteiger partial charge is 0.326 e. The largest absolute Gasteiger partial charge is 0.358 e. The number of hydrogen-bond donors (Lipinski definition) is 1. The van der Waals surface area contributed by atoms with Crippen molar-refractivity contribution in [2.24, 2.45) is 0 Å². The average molecular weight is 205 g/mol. The normalized spacial score (nSPS) is 33.4. The van der Waals surface area contributed by atoms with Crippen LogP contribution in [0.25, 0.3) is 0 Å². The molecule has 2 aliphatic heterocycles. The fourth-order valence-electron chi connectivity index (χ4n) is 1.65. The fourth-order valence-corrected chi connectivity index (χ4v) is 1.65. The number of hydrogen-bond acceptors (Lipinski definition) is 3. The molecule has 5 nitrogen and oxygen atoms in total. The van der Waals surface area contributed by atoms with E-state index in [1.807, 2.05) is 5.32 Å². The van der Waals surface area contributed by atoms with Gasteiger partial charge in [0.25, 0.3) is 5.91 Å². The molecular weight excluding hydrogens is 194 g/mol. The van der Waals surface area contributed by atoms with E-state index in [2.05, 4.69) is 0 Å². The van der Waals surface area contributed by atoms with Crippen molar-refractivity contribution in [1.82, 2.24) is 10.2 Å². The summed E-state index contributed by atoms with van der Waals surface area (Å²) in [4.78, 5) is 23.3. The van der Waals surface area contributed by atoms with Gasteiger partial charge in [0.05, 0.1) is 6.54 Å². The van der Waals surface area contributed by atoms with Crippen molar-refractivity contribution in [3.05, 3.63) is 0 Å². The summed E-state index contributed by atoms with van der Waals surface area (Å²) in [7, 11) is 0. The van der Waals surface area contributed by atoms with Gasteiger partial charge in [0.1, 0.15) is 6.23 Å². The molecule has 1 N–H and O–H groups in total. The Kier molecular flexibility index (Phi) is 2.37. The third-order valence-corrected chi connectivity index (χ3v) is 2.39. The Morgan fingerprint density at radius 1 is 1.50 bits per heavy atom. The van der Waals surface area contributed by atoms with E-state index in [-0.39, 0.29) is 12.8 Å². The van der Waals surface area contributed by atoms with Crippen molar-refractivity contribution in [2.45, 2.75) is 25.2 Å². The van der Waals surface area contributed by atoms with Gasteiger partial charge in [-0.3, -0.25) is 15.0 Å². The molecule has 0 saturated carbocycles. The molecule has 78 valence electrons. The van der Waals surface area contributed by atoms with E-state index in [1.54, 1.807) is 0 Å². The number of rotatable bonds is 1. The lowest BCUT2D eigenvalue weighted by molar-refractivity contribution is -0.129. The highest BCUT2D eigenvalue weighted by Gasteiger charge is 2.37. The third-order valence-electron chi connectivity index (χ3n) is 2.39. The number of carbonyl (C=O) groups is 2. The second-order valence-corrected chi connectivity index (χ2v) is 3.38. The number of amides is 3. The number of nitrogens with zero attached hydrogens (tertiary/aromatic N) is 1. The minimum Gasteiger partial charge on any atom is -0.358 e. The molecular formula is C8H11FN2O3. The number of imide groups is 1. The van der Waals surface area contributed by atoms with Crippen molar-refractivity contribution in [1.29, 1.82) is 0 Å². The highest BCUT2D eigenvalue weighted by molar-refractivity contribution is 5.99. The van der Waals surface area contributed by atoms with Crippen LogP contribution in [-0.2, 0) is 9.53 Å². The first-order chi connectivity index (χ1) is 6.68. The molecule has 6 heteroatoms. The van der Waals surface area contributed by atoms with Crippen molar-refractivity contribution in [2.75, 3.05) is 13.2 Å². The number of urea groups is 1. The lowest BCUT2D eigenvalue weighted by Crippen LogP contribution is -2.58. The zero-order valence-corrected chi connectivity index (χ0v) is 7.53. The van der Waals surface area contributed by atoms with Crippen LogP contribution in [0.15, 0.2) is 0 Å². The van der Waals surface area contributed by atoms with Crippen LogP contribution in [0.3, 0.4) is 0 Å². The van der Waals surface area contributed by atoms with E-state index < -0.39 is 18.1 Å². The molecule has 0 spiro atoms. The van der Waals surface area contributed by atoms with E-state index in [0.717, 1.165) is 6.42 Å². The van der Waals surface area contributed by atoms with Crippen LogP contribution in [0.5, 0.6) is 0 Å². The molecule has 2 saturated heterocycles. The number of halogens is 1. The number of alkyl halides is 1. The second kappa shape index (κ2) is 3.53. The van der Waals surface area contributed by atoms with Crippen LogP contribution in [-0.4, -0.2) is 42.4 Å². The summed E-state index contributed by atoms with van der Waals surface area (Å²) in [5, 5.41) is 1.95. The molecule has 2 rings (SSSR count). The zero-order valence-electron chi connectivity index (χ0n) is 7.53. The Morgan fingerprint density at radius 2 is 2.29 bits per heavy atom. The van der Waals surface area contributed by atoms with Crippen LogP contribution in [0.1, 0.15) is 12.8 Å². The number of nitrogens with one attached hydrogen (secondary N) is 1. The molecule has 0 aliphatic carbocycles. The van der Waals surface area contributed by atoms with Crippen molar-refractivity contribution in [3.8, 4) is 0 Å². The molecule has 2 fully saturated rings. The van der Waals surface area contributed by atoms with Gasteiger partial charge in [0, 0.05) is 6.61 Å². The van der Waals surface area contributed by atoms with Crippen LogP contribution >= 0.6 is 0 Å². The van der Waals surface area contributed by atoms with Crippen LogP contribution in [0.2, 0.25) is 0 Å². The maximum atomic E-state index is 13.0. The second-order valence-electron chi connectivity index (χ2n) is 3.38. The Balaban J connectivity index is 2.04. The van der Waals surface area contributed by atoms with Gasteiger partial charge in [-0.05, 0) is 12.8 Å². The quantitative estimate of drug-likeness (QED) is 0.484. The zero-order chi connectivity index (χ0) is 10.1. The summed E-state index contributed by atoms with van der Waals surface area (Å²) in [5.74, 6) is -0.857. The highest BCUT2D eigenvalue weighted by Crippen LogP contribution is 2.19. The van der Waals surface area contributed by atoms with Gasteiger partial charge < -0.3 is 4.74 Å². The molecule has 0 aromatic carbocycles. The van der Waals surface area contributed by atoms with Crippen molar-refractivity contribution in [3.63, 3.8) is 0 Å². The van der Waals surface area contributed by atoms with Gasteiger partial charge in [-0.15, -0.1) is 0 Å². The van der Waals surface area contributed by atoms with E-state index in [9.17, 15) is 14.0 Å². The monoisotopic (exact) mass is 205 g/mol. The first kappa shape index (κ1) is 9.39. The Hall–Kier alpha value is -1.17. The molecule has 2 heterocycles. The van der Waals surface area contributed by atoms with Gasteiger partial charge in [-0.2, -0.15) is 0 Å². The SMILES string of the molecule is O=C1[15NH][13C](=O)[15N](C2CCCO2)CC1F. The van der Waals surface area contributed by atoms with E-state index in [4.69, 9.17) is 4.74 Å². The van der Waals surface area contributed by atoms with Gasteiger partial charge in [0.15, 0.2) is 6.17 Å². The molecule has 2 atom stereocenters. The van der Waals surface area contributed by atoms with Crippen LogP contribution in [0, 0.1) is 0 Å². The predicted octanol–water partition coefficient (Wildman–Crippen LogP) is 0.0128. The third kappa shape index (κ3) is 1.57. The minimum absolute atomic E-state index is 0.199. The minimum atomic E-state index is -1.64. The molecule has 2 aliphatic rings. The van der Waals surface area contributed by atoms with Gasteiger partial charge in [-0.25, -0.2) is 9.18 Å². The maximum absolute atomic E-state index is 13.0. The standard InChI is InChI=1S/C8H11FN2O3/c9-5-4-11(6-2-1-3-14-6)8(13)10-7(5)12/h5-6H,1-4H2,(H,10,12,13)/i8+1,10+1,11+1. The van der Waals surface area contributed by atoms with Gasteiger partial charge >= 0.3 is 6.03 Å². The molecule has 0 bridgehead atoms. The van der Waals surface area contributed by atoms with Gasteiger partial charge in [-0.1, -0.05) is 0 Å². The Bertz CT molecular complexity index is 265. The van der Waals surface area contributed by atoms with Crippen LogP contribution in [0.4, 0.5) is 9.18 Å². The summed E-state index contributed by atoms with van der Waals surface area (Å²) in [6.07, 6.45) is -0.452. The molecule has 2 unspecified atom stereocenters. The molecule has 0 aromatic rings. The molecule has 0 radical (unpaired) electrons. The van der Waals surface area contributed by atoms with Gasteiger partial charge in [0.2, 0.25) is 0 Å². The van der Waals surface area contributed by atoms with E-state index >= 15 is 0 Å². The summed E-state index contributed by atoms with van der Waals surface area (Å²) in [6.45, 7) is 0.384. The molecule has 14 heavy (non-hydrogen) atoms. The van der Waals surface area contributed by atoms with Crippen molar-refractivity contribution < 1.29 is 18.7 Å². The summed E-state index contributed by atoms with van der Waals surface area (Å²) < 4.78 is 18.2. The van der Waals surface area contributed by atoms with Crippen LogP contribution < -0.4 is 5.32 Å². The first-order valence-electron chi connectivity index (χ1n) is 4.55. The Morgan fingerprint density at radius 3 is 2.93 bits per heavy atom. The highest BCUT2D eigenvalue weighted by atomic mass is 19.1. The summed E-state index contributed by atoms with van der Waals surface area (Å²) in [6, 6.07) is -0.559. The number of carbonyl (C=O) groups excluding carboxylic acids is 2. The lowest BCUT2D eigenvalue weighted by Gasteiger charge is -2.32. The molecule has 3 amide bonds. The topological polar surface area (TPSA) is 58.6 Å². The first-order valence-corrected chi connectivity index (χ1v) is 4.55. The summed E-state index contributed by atoms with van der Waals surface area (Å²) >= 11 is 0. The molecule has 0 aromatic heterocycles. The van der Waals surface area contributed by atoms with E-state index in [0.29, 0.717) is 13.0 Å². The Labute approximate surface area is 80.2 Å². The predicted molar refractivity (Wildman–Crippen MR) is 44.1 cm³/mol. The van der Waals surface area contributed by atoms with Crippen molar-refractivity contribution >= 4 is 11.9 Å². The lowest BCUT2D eigenvalue weighted by atomic mass is 10.3.